The average Bonchev–Trinajstić information content (AvgIpc) is 3.22. The van der Waals surface area contributed by atoms with Crippen LogP contribution in [-0.4, -0.2) is 29.3 Å². The van der Waals surface area contributed by atoms with Crippen LogP contribution in [0.5, 0.6) is 0 Å². The molecule has 32 heavy (non-hydrogen) atoms. The van der Waals surface area contributed by atoms with Gasteiger partial charge in [0, 0.05) is 24.2 Å². The molecule has 0 bridgehead atoms. The van der Waals surface area contributed by atoms with Crippen LogP contribution in [0, 0.1) is 12.8 Å². The number of hydrogen-bond donors (Lipinski definition) is 0. The molecular weight excluding hydrogens is 452 g/mol. The van der Waals surface area contributed by atoms with Crippen LogP contribution in [0.4, 0.5) is 0 Å². The maximum atomic E-state index is 12.9. The summed E-state index contributed by atoms with van der Waals surface area (Å²) < 4.78 is 8.38. The molecule has 0 saturated carbocycles. The van der Waals surface area contributed by atoms with E-state index in [1.165, 1.54) is 23.4 Å². The van der Waals surface area contributed by atoms with Gasteiger partial charge in [-0.25, -0.2) is 14.8 Å². The fourth-order valence-electron chi connectivity index (χ4n) is 3.23. The van der Waals surface area contributed by atoms with E-state index < -0.39 is 11.2 Å². The molecule has 0 radical (unpaired) electrons. The Morgan fingerprint density at radius 2 is 1.84 bits per heavy atom. The summed E-state index contributed by atoms with van der Waals surface area (Å²) in [5, 5.41) is 9.57. The summed E-state index contributed by atoms with van der Waals surface area (Å²) in [5.74, 6) is 1.74. The number of halogens is 1. The topological polar surface area (TPSA) is 109 Å². The largest absolute Gasteiger partial charge is 0.420 e. The van der Waals surface area contributed by atoms with Gasteiger partial charge in [0.05, 0.1) is 5.75 Å². The van der Waals surface area contributed by atoms with Crippen molar-refractivity contribution in [1.29, 1.82) is 0 Å². The van der Waals surface area contributed by atoms with Gasteiger partial charge in [0.15, 0.2) is 5.65 Å². The zero-order valence-corrected chi connectivity index (χ0v) is 19.6. The smallest absolute Gasteiger partial charge is 0.332 e. The Hall–Kier alpha value is -2.98. The Bertz CT molecular complexity index is 1410. The predicted molar refractivity (Wildman–Crippen MR) is 123 cm³/mol. The number of nitrogens with zero attached hydrogens (tertiary/aromatic N) is 6. The van der Waals surface area contributed by atoms with E-state index in [0.29, 0.717) is 51.0 Å². The Kier molecular flexibility index (Phi) is 6.16. The number of aromatic nitrogens is 6. The summed E-state index contributed by atoms with van der Waals surface area (Å²) in [4.78, 5) is 34.5. The summed E-state index contributed by atoms with van der Waals surface area (Å²) in [6, 6.07) is 7.09. The number of hydrogen-bond acceptors (Lipinski definition) is 8. The SMILES string of the molecule is Cc1nc(SCc2nnc(-c3ccc(Cl)cc3)o2)c2c(=O)n(C)c(=O)n(CC(C)C)c2n1. The second-order valence-electron chi connectivity index (χ2n) is 7.72. The fourth-order valence-corrected chi connectivity index (χ4v) is 4.25. The van der Waals surface area contributed by atoms with Gasteiger partial charge >= 0.3 is 5.69 Å². The van der Waals surface area contributed by atoms with Crippen molar-refractivity contribution in [3.05, 3.63) is 61.8 Å². The van der Waals surface area contributed by atoms with Gasteiger partial charge in [0.1, 0.15) is 16.2 Å². The maximum Gasteiger partial charge on any atom is 0.332 e. The van der Waals surface area contributed by atoms with Crippen molar-refractivity contribution in [2.24, 2.45) is 13.0 Å². The number of rotatable bonds is 6. The van der Waals surface area contributed by atoms with Crippen molar-refractivity contribution < 1.29 is 4.42 Å². The zero-order chi connectivity index (χ0) is 23.0. The Morgan fingerprint density at radius 1 is 1.12 bits per heavy atom. The molecule has 0 aliphatic rings. The third-order valence-corrected chi connectivity index (χ3v) is 5.91. The summed E-state index contributed by atoms with van der Waals surface area (Å²) in [6.07, 6.45) is 0. The lowest BCUT2D eigenvalue weighted by Gasteiger charge is -2.15. The van der Waals surface area contributed by atoms with E-state index in [-0.39, 0.29) is 5.92 Å². The quantitative estimate of drug-likeness (QED) is 0.310. The lowest BCUT2D eigenvalue weighted by atomic mass is 10.2. The highest BCUT2D eigenvalue weighted by Crippen LogP contribution is 2.27. The summed E-state index contributed by atoms with van der Waals surface area (Å²) in [6.45, 7) is 6.18. The molecule has 0 N–H and O–H groups in total. The van der Waals surface area contributed by atoms with E-state index in [1.54, 1.807) is 31.2 Å². The Morgan fingerprint density at radius 3 is 2.53 bits per heavy atom. The molecule has 3 aromatic heterocycles. The first-order valence-electron chi connectivity index (χ1n) is 9.94. The molecule has 0 amide bonds. The molecule has 4 rings (SSSR count). The summed E-state index contributed by atoms with van der Waals surface area (Å²) in [7, 11) is 1.46. The molecule has 0 saturated heterocycles. The Labute approximate surface area is 192 Å². The van der Waals surface area contributed by atoms with Crippen molar-refractivity contribution in [3.63, 3.8) is 0 Å². The normalized spacial score (nSPS) is 11.6. The van der Waals surface area contributed by atoms with Crippen LogP contribution in [0.25, 0.3) is 22.5 Å². The van der Waals surface area contributed by atoms with Crippen molar-refractivity contribution >= 4 is 34.4 Å². The van der Waals surface area contributed by atoms with Gasteiger partial charge in [0.25, 0.3) is 5.56 Å². The third kappa shape index (κ3) is 4.33. The second-order valence-corrected chi connectivity index (χ2v) is 9.12. The van der Waals surface area contributed by atoms with Crippen LogP contribution in [0.1, 0.15) is 25.6 Å². The molecule has 0 unspecified atom stereocenters. The minimum atomic E-state index is -0.431. The molecule has 0 spiro atoms. The molecule has 0 fully saturated rings. The van der Waals surface area contributed by atoms with Gasteiger partial charge in [-0.2, -0.15) is 0 Å². The van der Waals surface area contributed by atoms with Crippen LogP contribution in [0.2, 0.25) is 5.02 Å². The Balaban J connectivity index is 1.71. The van der Waals surface area contributed by atoms with Gasteiger partial charge in [-0.05, 0) is 37.1 Å². The maximum absolute atomic E-state index is 12.9. The van der Waals surface area contributed by atoms with Gasteiger partial charge in [-0.15, -0.1) is 10.2 Å². The van der Waals surface area contributed by atoms with E-state index >= 15 is 0 Å². The van der Waals surface area contributed by atoms with Crippen LogP contribution >= 0.6 is 23.4 Å². The van der Waals surface area contributed by atoms with Crippen LogP contribution in [0.15, 0.2) is 43.3 Å². The van der Waals surface area contributed by atoms with Gasteiger partial charge in [-0.1, -0.05) is 37.2 Å². The van der Waals surface area contributed by atoms with Gasteiger partial charge in [-0.3, -0.25) is 13.9 Å². The first kappa shape index (κ1) is 22.2. The van der Waals surface area contributed by atoms with Crippen molar-refractivity contribution in [2.75, 3.05) is 0 Å². The first-order chi connectivity index (χ1) is 15.2. The highest BCUT2D eigenvalue weighted by molar-refractivity contribution is 7.98. The number of fused-ring (bicyclic) bond motifs is 1. The van der Waals surface area contributed by atoms with Crippen LogP contribution in [-0.2, 0) is 19.3 Å². The second kappa shape index (κ2) is 8.87. The van der Waals surface area contributed by atoms with Crippen LogP contribution < -0.4 is 11.2 Å². The average molecular weight is 473 g/mol. The lowest BCUT2D eigenvalue weighted by Crippen LogP contribution is -2.39. The molecule has 166 valence electrons. The van der Waals surface area contributed by atoms with Crippen LogP contribution in [0.3, 0.4) is 0 Å². The highest BCUT2D eigenvalue weighted by atomic mass is 35.5. The van der Waals surface area contributed by atoms with E-state index in [4.69, 9.17) is 16.0 Å². The molecule has 9 nitrogen and oxygen atoms in total. The van der Waals surface area contributed by atoms with Gasteiger partial charge < -0.3 is 4.42 Å². The standard InChI is InChI=1S/C21H21ClN6O3S/c1-11(2)9-28-17-16(20(29)27(4)21(28)30)19(24-12(3)23-17)32-10-15-25-26-18(31-15)13-5-7-14(22)8-6-13/h5-8,11H,9-10H2,1-4H3. The van der Waals surface area contributed by atoms with E-state index in [0.717, 1.165) is 10.1 Å². The predicted octanol–water partition coefficient (Wildman–Crippen LogP) is 3.45. The molecular formula is C21H21ClN6O3S. The summed E-state index contributed by atoms with van der Waals surface area (Å²) >= 11 is 7.21. The number of thioether (sulfide) groups is 1. The van der Waals surface area contributed by atoms with Crippen molar-refractivity contribution in [1.82, 2.24) is 29.3 Å². The lowest BCUT2D eigenvalue weighted by molar-refractivity contribution is 0.498. The highest BCUT2D eigenvalue weighted by Gasteiger charge is 2.19. The number of benzene rings is 1. The van der Waals surface area contributed by atoms with E-state index in [1.807, 2.05) is 13.8 Å². The minimum absolute atomic E-state index is 0.199. The monoisotopic (exact) mass is 472 g/mol. The van der Waals surface area contributed by atoms with Crippen molar-refractivity contribution in [3.8, 4) is 11.5 Å². The number of aryl methyl sites for hydroxylation is 1. The molecule has 0 aliphatic carbocycles. The molecule has 3 heterocycles. The fraction of sp³-hybridized carbons (Fsp3) is 0.333. The summed E-state index contributed by atoms with van der Waals surface area (Å²) in [5.41, 5.74) is 0.275. The van der Waals surface area contributed by atoms with Crippen molar-refractivity contribution in [2.45, 2.75) is 38.1 Å². The zero-order valence-electron chi connectivity index (χ0n) is 18.0. The molecule has 0 aliphatic heterocycles. The minimum Gasteiger partial charge on any atom is -0.420 e. The van der Waals surface area contributed by atoms with E-state index in [9.17, 15) is 9.59 Å². The molecule has 11 heteroatoms. The third-order valence-electron chi connectivity index (χ3n) is 4.70. The van der Waals surface area contributed by atoms with Gasteiger partial charge in [0.2, 0.25) is 11.8 Å². The first-order valence-corrected chi connectivity index (χ1v) is 11.3. The molecule has 1 aromatic carbocycles. The molecule has 4 aromatic rings. The molecule has 0 atom stereocenters. The van der Waals surface area contributed by atoms with E-state index in [2.05, 4.69) is 20.2 Å².